The van der Waals surface area contributed by atoms with Gasteiger partial charge in [0.15, 0.2) is 0 Å². The van der Waals surface area contributed by atoms with Crippen molar-refractivity contribution in [3.63, 3.8) is 0 Å². The molecule has 1 N–H and O–H groups in total. The number of rotatable bonds is 3. The molecule has 3 rings (SSSR count). The zero-order valence-electron chi connectivity index (χ0n) is 13.1. The Hall–Kier alpha value is -1.55. The van der Waals surface area contributed by atoms with E-state index in [4.69, 9.17) is 11.6 Å². The molecule has 1 aliphatic heterocycles. The quantitative estimate of drug-likeness (QED) is 0.920. The predicted molar refractivity (Wildman–Crippen MR) is 88.5 cm³/mol. The second-order valence-corrected chi connectivity index (χ2v) is 7.16. The molecule has 0 spiro atoms. The fourth-order valence-corrected chi connectivity index (χ4v) is 4.25. The molecule has 1 heterocycles. The molecule has 5 heteroatoms. The summed E-state index contributed by atoms with van der Waals surface area (Å²) in [4.78, 5) is 26.3. The van der Waals surface area contributed by atoms with Crippen LogP contribution in [0.4, 0.5) is 0 Å². The monoisotopic (exact) mass is 335 g/mol. The maximum Gasteiger partial charge on any atom is 0.308 e. The number of carboxylic acids is 1. The molecular weight excluding hydrogens is 314 g/mol. The molecule has 23 heavy (non-hydrogen) atoms. The summed E-state index contributed by atoms with van der Waals surface area (Å²) in [5.74, 6) is -1.15. The number of carboxylic acid groups (broad SMARTS) is 1. The summed E-state index contributed by atoms with van der Waals surface area (Å²) in [6.45, 7) is 0.988. The first kappa shape index (κ1) is 16.3. The molecule has 2 aliphatic rings. The molecular formula is C18H22ClNO3. The highest BCUT2D eigenvalue weighted by Crippen LogP contribution is 2.43. The van der Waals surface area contributed by atoms with Crippen molar-refractivity contribution in [3.05, 3.63) is 34.9 Å². The van der Waals surface area contributed by atoms with Gasteiger partial charge in [0.1, 0.15) is 0 Å². The van der Waals surface area contributed by atoms with Crippen molar-refractivity contribution in [2.24, 2.45) is 5.92 Å². The molecule has 1 saturated carbocycles. The van der Waals surface area contributed by atoms with Crippen LogP contribution < -0.4 is 0 Å². The zero-order chi connectivity index (χ0) is 16.4. The van der Waals surface area contributed by atoms with Gasteiger partial charge in [-0.2, -0.15) is 0 Å². The highest BCUT2D eigenvalue weighted by Gasteiger charge is 2.46. The van der Waals surface area contributed by atoms with Crippen LogP contribution in [0.5, 0.6) is 0 Å². The number of piperidine rings is 1. The molecule has 1 aliphatic carbocycles. The Morgan fingerprint density at radius 2 is 1.96 bits per heavy atom. The molecule has 0 bridgehead atoms. The van der Waals surface area contributed by atoms with Crippen molar-refractivity contribution in [3.8, 4) is 0 Å². The number of nitrogens with zero attached hydrogens (tertiary/aromatic N) is 1. The number of hydrogen-bond donors (Lipinski definition) is 1. The third-order valence-corrected chi connectivity index (χ3v) is 5.54. The minimum atomic E-state index is -0.800. The average Bonchev–Trinajstić information content (AvgIpc) is 3.05. The number of likely N-dealkylation sites (tertiary alicyclic amines) is 1. The van der Waals surface area contributed by atoms with E-state index in [0.29, 0.717) is 24.5 Å². The number of aliphatic carboxylic acids is 1. The van der Waals surface area contributed by atoms with Gasteiger partial charge in [0.05, 0.1) is 11.3 Å². The van der Waals surface area contributed by atoms with Crippen LogP contribution in [-0.4, -0.2) is 35.0 Å². The van der Waals surface area contributed by atoms with Crippen molar-refractivity contribution >= 4 is 23.5 Å². The number of halogens is 1. The van der Waals surface area contributed by atoms with Crippen molar-refractivity contribution in [1.29, 1.82) is 0 Å². The fraction of sp³-hybridized carbons (Fsp3) is 0.556. The summed E-state index contributed by atoms with van der Waals surface area (Å²) >= 11 is 6.14. The van der Waals surface area contributed by atoms with E-state index >= 15 is 0 Å². The number of amides is 1. The van der Waals surface area contributed by atoms with Gasteiger partial charge in [0.2, 0.25) is 5.91 Å². The van der Waals surface area contributed by atoms with Gasteiger partial charge < -0.3 is 10.0 Å². The van der Waals surface area contributed by atoms with E-state index in [1.54, 1.807) is 4.90 Å². The molecule has 0 unspecified atom stereocenters. The Labute approximate surface area is 141 Å². The predicted octanol–water partition coefficient (Wildman–Crippen LogP) is 3.48. The van der Waals surface area contributed by atoms with Gasteiger partial charge in [-0.05, 0) is 43.4 Å². The summed E-state index contributed by atoms with van der Waals surface area (Å²) in [7, 11) is 0. The van der Waals surface area contributed by atoms with E-state index in [1.165, 1.54) is 0 Å². The van der Waals surface area contributed by atoms with E-state index in [9.17, 15) is 14.7 Å². The molecule has 2 fully saturated rings. The minimum Gasteiger partial charge on any atom is -0.481 e. The Balaban J connectivity index is 1.89. The van der Waals surface area contributed by atoms with Crippen LogP contribution in [0.3, 0.4) is 0 Å². The number of benzene rings is 1. The Bertz CT molecular complexity index is 610. The first-order valence-electron chi connectivity index (χ1n) is 8.31. The van der Waals surface area contributed by atoms with Crippen LogP contribution in [0.25, 0.3) is 0 Å². The van der Waals surface area contributed by atoms with Crippen molar-refractivity contribution in [2.75, 3.05) is 13.1 Å². The van der Waals surface area contributed by atoms with Gasteiger partial charge >= 0.3 is 5.97 Å². The molecule has 1 saturated heterocycles. The van der Waals surface area contributed by atoms with Gasteiger partial charge in [-0.3, -0.25) is 9.59 Å². The largest absolute Gasteiger partial charge is 0.481 e. The highest BCUT2D eigenvalue weighted by molar-refractivity contribution is 6.30. The van der Waals surface area contributed by atoms with E-state index in [1.807, 2.05) is 24.3 Å². The Morgan fingerprint density at radius 3 is 2.61 bits per heavy atom. The lowest BCUT2D eigenvalue weighted by atomic mass is 9.77. The van der Waals surface area contributed by atoms with E-state index < -0.39 is 17.3 Å². The molecule has 4 nitrogen and oxygen atoms in total. The minimum absolute atomic E-state index is 0.0863. The fourth-order valence-electron chi connectivity index (χ4n) is 4.06. The number of carbonyl (C=O) groups excluding carboxylic acids is 1. The Morgan fingerprint density at radius 1 is 1.22 bits per heavy atom. The molecule has 1 amide bonds. The van der Waals surface area contributed by atoms with Crippen LogP contribution >= 0.6 is 11.6 Å². The van der Waals surface area contributed by atoms with Crippen LogP contribution in [-0.2, 0) is 15.0 Å². The van der Waals surface area contributed by atoms with Crippen molar-refractivity contribution in [2.45, 2.75) is 43.9 Å². The second-order valence-electron chi connectivity index (χ2n) is 6.73. The molecule has 124 valence electrons. The Kier molecular flexibility index (Phi) is 4.62. The second kappa shape index (κ2) is 6.52. The van der Waals surface area contributed by atoms with Gasteiger partial charge in [-0.1, -0.05) is 36.6 Å². The van der Waals surface area contributed by atoms with Crippen LogP contribution in [0, 0.1) is 5.92 Å². The standard InChI is InChI=1S/C18H22ClNO3/c19-15-7-3-6-14(11-15)18(8-1-2-9-18)17(23)20-10-4-5-13(12-20)16(21)22/h3,6-7,11,13H,1-2,4-5,8-10,12H2,(H,21,22)/t13-/m0/s1. The van der Waals surface area contributed by atoms with Gasteiger partial charge in [-0.15, -0.1) is 0 Å². The lowest BCUT2D eigenvalue weighted by Crippen LogP contribution is -2.50. The number of carbonyl (C=O) groups is 2. The highest BCUT2D eigenvalue weighted by atomic mass is 35.5. The SMILES string of the molecule is O=C(O)[C@H]1CCCN(C(=O)C2(c3cccc(Cl)c3)CCCC2)C1. The maximum absolute atomic E-state index is 13.3. The van der Waals surface area contributed by atoms with Crippen LogP contribution in [0.2, 0.25) is 5.02 Å². The normalized spacial score (nSPS) is 23.7. The smallest absolute Gasteiger partial charge is 0.308 e. The summed E-state index contributed by atoms with van der Waals surface area (Å²) in [6, 6.07) is 7.58. The molecule has 0 radical (unpaired) electrons. The summed E-state index contributed by atoms with van der Waals surface area (Å²) in [5.41, 5.74) is 0.454. The zero-order valence-corrected chi connectivity index (χ0v) is 13.9. The van der Waals surface area contributed by atoms with Gasteiger partial charge in [0, 0.05) is 18.1 Å². The summed E-state index contributed by atoms with van der Waals surface area (Å²) in [6.07, 6.45) is 5.10. The number of hydrogen-bond acceptors (Lipinski definition) is 2. The van der Waals surface area contributed by atoms with E-state index in [0.717, 1.165) is 37.7 Å². The van der Waals surface area contributed by atoms with Crippen LogP contribution in [0.15, 0.2) is 24.3 Å². The van der Waals surface area contributed by atoms with E-state index in [-0.39, 0.29) is 5.91 Å². The molecule has 1 atom stereocenters. The molecule has 0 aromatic heterocycles. The maximum atomic E-state index is 13.3. The molecule has 1 aromatic rings. The lowest BCUT2D eigenvalue weighted by Gasteiger charge is -2.38. The first-order valence-corrected chi connectivity index (χ1v) is 8.69. The average molecular weight is 336 g/mol. The van der Waals surface area contributed by atoms with Gasteiger partial charge in [-0.25, -0.2) is 0 Å². The summed E-state index contributed by atoms with van der Waals surface area (Å²) in [5, 5.41) is 9.91. The topological polar surface area (TPSA) is 57.6 Å². The molecule has 1 aromatic carbocycles. The van der Waals surface area contributed by atoms with E-state index in [2.05, 4.69) is 0 Å². The third-order valence-electron chi connectivity index (χ3n) is 5.30. The summed E-state index contributed by atoms with van der Waals surface area (Å²) < 4.78 is 0. The van der Waals surface area contributed by atoms with Gasteiger partial charge in [0.25, 0.3) is 0 Å². The van der Waals surface area contributed by atoms with Crippen molar-refractivity contribution in [1.82, 2.24) is 4.90 Å². The van der Waals surface area contributed by atoms with Crippen LogP contribution in [0.1, 0.15) is 44.1 Å². The first-order chi connectivity index (χ1) is 11.0. The lowest BCUT2D eigenvalue weighted by molar-refractivity contribution is -0.147. The third kappa shape index (κ3) is 3.09. The van der Waals surface area contributed by atoms with Crippen molar-refractivity contribution < 1.29 is 14.7 Å².